The summed E-state index contributed by atoms with van der Waals surface area (Å²) in [7, 11) is 1.53. The van der Waals surface area contributed by atoms with Gasteiger partial charge in [-0.3, -0.25) is 9.88 Å². The van der Waals surface area contributed by atoms with Gasteiger partial charge in [-0.2, -0.15) is 0 Å². The molecular weight excluding hydrogens is 755 g/mol. The number of aryl methyl sites for hydroxylation is 1. The number of fused-ring (bicyclic) bond motifs is 3. The van der Waals surface area contributed by atoms with Gasteiger partial charge in [0, 0.05) is 43.4 Å². The Balaban J connectivity index is 1.41. The van der Waals surface area contributed by atoms with E-state index in [1.54, 1.807) is 17.9 Å². The third-order valence-electron chi connectivity index (χ3n) is 11.8. The molecule has 7 rings (SSSR count). The van der Waals surface area contributed by atoms with E-state index in [-0.39, 0.29) is 70.5 Å². The van der Waals surface area contributed by atoms with Crippen molar-refractivity contribution in [2.45, 2.75) is 89.7 Å². The van der Waals surface area contributed by atoms with Gasteiger partial charge in [-0.15, -0.1) is 6.58 Å². The van der Waals surface area contributed by atoms with Gasteiger partial charge in [-0.1, -0.05) is 42.3 Å². The molecule has 2 aliphatic carbocycles. The summed E-state index contributed by atoms with van der Waals surface area (Å²) in [6, 6.07) is 16.7. The summed E-state index contributed by atoms with van der Waals surface area (Å²) >= 11 is 0. The van der Waals surface area contributed by atoms with Gasteiger partial charge in [0.05, 0.1) is 30.5 Å². The van der Waals surface area contributed by atoms with Crippen molar-refractivity contribution >= 4 is 11.8 Å². The minimum atomic E-state index is -1.44. The van der Waals surface area contributed by atoms with E-state index in [0.717, 1.165) is 53.8 Å². The lowest BCUT2D eigenvalue weighted by atomic mass is 9.55. The summed E-state index contributed by atoms with van der Waals surface area (Å²) in [5.41, 5.74) is 5.14. The highest BCUT2D eigenvalue weighted by Crippen LogP contribution is 2.62. The van der Waals surface area contributed by atoms with Gasteiger partial charge in [0.2, 0.25) is 12.6 Å². The molecule has 316 valence electrons. The molecule has 59 heavy (non-hydrogen) atoms. The lowest BCUT2D eigenvalue weighted by Crippen LogP contribution is -2.70. The zero-order valence-electron chi connectivity index (χ0n) is 34.3. The molecule has 1 fully saturated rings. The Morgan fingerprint density at radius 2 is 1.83 bits per heavy atom. The molecule has 2 N–H and O–H groups in total. The summed E-state index contributed by atoms with van der Waals surface area (Å²) in [6.45, 7) is 8.83. The first kappa shape index (κ1) is 42.0. The molecule has 3 heterocycles. The number of allylic oxidation sites excluding steroid dienone is 1. The average molecular weight is 812 g/mol. The molecule has 2 aromatic carbocycles. The Kier molecular flexibility index (Phi) is 13.8. The number of oxime groups is 1. The molecule has 13 heteroatoms. The van der Waals surface area contributed by atoms with Crippen LogP contribution in [0.25, 0.3) is 0 Å². The van der Waals surface area contributed by atoms with Crippen LogP contribution in [-0.4, -0.2) is 84.1 Å². The fraction of sp³-hybridized carbons (Fsp3) is 0.500. The van der Waals surface area contributed by atoms with Crippen molar-refractivity contribution in [3.8, 4) is 23.0 Å². The first-order valence-corrected chi connectivity index (χ1v) is 20.8. The first-order valence-electron chi connectivity index (χ1n) is 20.8. The van der Waals surface area contributed by atoms with Crippen LogP contribution in [0.3, 0.4) is 0 Å². The van der Waals surface area contributed by atoms with E-state index in [9.17, 15) is 15.0 Å². The van der Waals surface area contributed by atoms with Crippen LogP contribution in [-0.2, 0) is 27.5 Å². The van der Waals surface area contributed by atoms with Gasteiger partial charge in [-0.05, 0) is 105 Å². The van der Waals surface area contributed by atoms with E-state index in [2.05, 4.69) is 28.9 Å². The molecule has 0 bridgehead atoms. The largest absolute Gasteiger partial charge is 0.487 e. The summed E-state index contributed by atoms with van der Waals surface area (Å²) in [4.78, 5) is 26.3. The number of benzene rings is 2. The van der Waals surface area contributed by atoms with Crippen molar-refractivity contribution in [1.82, 2.24) is 9.88 Å². The second-order valence-corrected chi connectivity index (χ2v) is 15.5. The van der Waals surface area contributed by atoms with E-state index in [4.69, 9.17) is 33.3 Å². The van der Waals surface area contributed by atoms with Crippen LogP contribution in [0.4, 0.5) is 4.79 Å². The molecule has 13 nitrogen and oxygen atoms in total. The summed E-state index contributed by atoms with van der Waals surface area (Å²) in [5, 5.41) is 24.4. The van der Waals surface area contributed by atoms with Crippen molar-refractivity contribution in [3.63, 3.8) is 0 Å². The second-order valence-electron chi connectivity index (χ2n) is 15.5. The molecule has 1 amide bonds. The highest BCUT2D eigenvalue weighted by atomic mass is 16.7. The highest BCUT2D eigenvalue weighted by Gasteiger charge is 2.65. The predicted octanol–water partition coefficient (Wildman–Crippen LogP) is 7.62. The van der Waals surface area contributed by atoms with Crippen molar-refractivity contribution in [1.29, 1.82) is 0 Å². The number of aliphatic hydroxyl groups is 2. The first-order chi connectivity index (χ1) is 28.8. The normalized spacial score (nSPS) is 24.3. The molecule has 0 radical (unpaired) electrons. The lowest BCUT2D eigenvalue weighted by Gasteiger charge is -2.59. The Bertz CT molecular complexity index is 2000. The van der Waals surface area contributed by atoms with Crippen LogP contribution >= 0.6 is 0 Å². The van der Waals surface area contributed by atoms with Crippen LogP contribution in [0.5, 0.6) is 23.0 Å². The van der Waals surface area contributed by atoms with Crippen LogP contribution in [0.1, 0.15) is 80.3 Å². The van der Waals surface area contributed by atoms with E-state index in [0.29, 0.717) is 41.6 Å². The number of unbranched alkanes of at least 4 members (excludes halogenated alkanes) is 2. The summed E-state index contributed by atoms with van der Waals surface area (Å²) in [6.07, 6.45) is 8.35. The van der Waals surface area contributed by atoms with Crippen LogP contribution in [0.15, 0.2) is 84.1 Å². The Hall–Kier alpha value is -5.11. The molecule has 6 atom stereocenters. The summed E-state index contributed by atoms with van der Waals surface area (Å²) < 4.78 is 37.9. The lowest BCUT2D eigenvalue weighted by molar-refractivity contribution is -0.256. The van der Waals surface area contributed by atoms with Crippen LogP contribution in [0, 0.1) is 24.7 Å². The zero-order chi connectivity index (χ0) is 41.4. The number of nitrogens with zero attached hydrogens (tertiary/aromatic N) is 3. The Morgan fingerprint density at radius 3 is 2.59 bits per heavy atom. The van der Waals surface area contributed by atoms with Gasteiger partial charge >= 0.3 is 6.09 Å². The van der Waals surface area contributed by atoms with Crippen LogP contribution in [0.2, 0.25) is 0 Å². The number of pyridine rings is 1. The van der Waals surface area contributed by atoms with E-state index in [1.807, 2.05) is 55.5 Å². The number of aliphatic hydroxyl groups excluding tert-OH is 2. The van der Waals surface area contributed by atoms with Crippen molar-refractivity contribution < 1.29 is 48.3 Å². The van der Waals surface area contributed by atoms with E-state index < -0.39 is 23.8 Å². The number of hydrogen-bond acceptors (Lipinski definition) is 12. The number of carbonyl (C=O) groups is 1. The smallest absolute Gasteiger partial charge is 0.410 e. The molecule has 1 aromatic heterocycles. The number of rotatable bonds is 19. The number of carbonyl (C=O) groups excluding carboxylic acids is 1. The van der Waals surface area contributed by atoms with Crippen molar-refractivity contribution in [2.24, 2.45) is 22.9 Å². The SMILES string of the molecule is C=CCO[C@@]12Oc3ccc(OCc4cccc(C)n4)cc3[C@H]3[C@H](CCCCO)[C@@H](CCCCO)C=C(C(=NOC)C[C@@H]1N(Cc1ccc4c(c1)OCO4)C(=O)OCC)[C@H]32. The van der Waals surface area contributed by atoms with Gasteiger partial charge in [-0.25, -0.2) is 4.79 Å². The van der Waals surface area contributed by atoms with Crippen molar-refractivity contribution in [2.75, 3.05) is 40.3 Å². The van der Waals surface area contributed by atoms with Gasteiger partial charge in [0.15, 0.2) is 11.5 Å². The third-order valence-corrected chi connectivity index (χ3v) is 11.8. The second kappa shape index (κ2) is 19.3. The maximum Gasteiger partial charge on any atom is 0.410 e. The molecular formula is C46H57N3O10. The fourth-order valence-corrected chi connectivity index (χ4v) is 9.43. The number of ether oxygens (including phenoxy) is 6. The maximum absolute atomic E-state index is 14.4. The molecule has 4 aliphatic rings. The molecule has 1 saturated carbocycles. The standard InChI is InChI=1S/C46H57N3O10/c1-5-22-58-46-42(49(45(52)54-6-2)27-31-16-18-40-41(23-31)57-29-56-40)26-38(48-53-4)36-24-32(13-7-9-20-50)35(15-8-10-21-51)43(44(36)46)37-25-34(17-19-39(37)59-46)55-28-33-14-11-12-30(3)47-33/h5,11-12,14,16-19,23-25,32,35,42-44,50-51H,1,6-10,13,15,20-22,26-29H2,2-4H3/t32-,35+,42-,43+,44+,46+/m0/s1. The van der Waals surface area contributed by atoms with Crippen molar-refractivity contribution in [3.05, 3.63) is 101 Å². The molecule has 3 aromatic rings. The average Bonchev–Trinajstić information content (AvgIpc) is 3.71. The summed E-state index contributed by atoms with van der Waals surface area (Å²) in [5.74, 6) is 0.573. The predicted molar refractivity (Wildman–Crippen MR) is 220 cm³/mol. The number of amides is 1. The Morgan fingerprint density at radius 1 is 1.03 bits per heavy atom. The number of hydrogen-bond donors (Lipinski definition) is 2. The molecule has 0 unspecified atom stereocenters. The van der Waals surface area contributed by atoms with Gasteiger partial charge in [0.25, 0.3) is 0 Å². The number of aromatic nitrogens is 1. The molecule has 0 spiro atoms. The molecule has 2 aliphatic heterocycles. The molecule has 0 saturated heterocycles. The minimum absolute atomic E-state index is 0.0597. The monoisotopic (exact) mass is 811 g/mol. The van der Waals surface area contributed by atoms with Gasteiger partial charge in [0.1, 0.15) is 31.3 Å². The maximum atomic E-state index is 14.4. The van der Waals surface area contributed by atoms with Crippen LogP contribution < -0.4 is 18.9 Å². The quantitative estimate of drug-likeness (QED) is 0.0699. The van der Waals surface area contributed by atoms with E-state index in [1.165, 1.54) is 7.11 Å². The zero-order valence-corrected chi connectivity index (χ0v) is 34.3. The third kappa shape index (κ3) is 8.92. The van der Waals surface area contributed by atoms with E-state index >= 15 is 0 Å². The topological polar surface area (TPSA) is 151 Å². The highest BCUT2D eigenvalue weighted by molar-refractivity contribution is 6.03. The Labute approximate surface area is 346 Å². The van der Waals surface area contributed by atoms with Gasteiger partial charge < -0.3 is 43.5 Å². The fourth-order valence-electron chi connectivity index (χ4n) is 9.43. The minimum Gasteiger partial charge on any atom is -0.487 e.